The van der Waals surface area contributed by atoms with E-state index >= 15 is 4.79 Å². The molecule has 0 heterocycles. The van der Waals surface area contributed by atoms with Crippen molar-refractivity contribution in [1.29, 1.82) is 0 Å². The van der Waals surface area contributed by atoms with Crippen molar-refractivity contribution >= 4 is 5.97 Å². The van der Waals surface area contributed by atoms with E-state index in [1.807, 2.05) is 5.57 Å². The van der Waals surface area contributed by atoms with E-state index in [0.717, 1.165) is 0 Å². The van der Waals surface area contributed by atoms with Gasteiger partial charge in [-0.05, 0) is 137 Å². The van der Waals surface area contributed by atoms with Crippen LogP contribution in [0.25, 0.3) is 0 Å². The minimum Gasteiger partial charge on any atom is -0.455 e. The van der Waals surface area contributed by atoms with Gasteiger partial charge in [0.1, 0.15) is 5.60 Å². The Morgan fingerprint density at radius 3 is 0.667 bits per heavy atom. The predicted molar refractivity (Wildman–Crippen MR) is 448 cm³/mol. The molecule has 0 radical (unpaired) electrons. The highest BCUT2D eigenvalue weighted by Crippen LogP contribution is 2.62. The second-order valence-corrected chi connectivity index (χ2v) is 38.3. The molecule has 8 rings (SSSR count). The van der Waals surface area contributed by atoms with Crippen molar-refractivity contribution < 1.29 is 9.53 Å². The van der Waals surface area contributed by atoms with Crippen LogP contribution in [0.4, 0.5) is 0 Å². The third kappa shape index (κ3) is 32.3. The average molecular weight is 1420 g/mol. The zero-order valence-electron chi connectivity index (χ0n) is 69.5. The van der Waals surface area contributed by atoms with E-state index in [-0.39, 0.29) is 5.41 Å². The van der Waals surface area contributed by atoms with E-state index in [1.54, 1.807) is 5.57 Å². The Kier molecular flexibility index (Phi) is 48.0. The number of hydrogen-bond acceptors (Lipinski definition) is 2. The van der Waals surface area contributed by atoms with E-state index in [4.69, 9.17) is 0 Å². The zero-order valence-corrected chi connectivity index (χ0v) is 69.5. The second kappa shape index (κ2) is 56.4. The summed E-state index contributed by atoms with van der Waals surface area (Å²) < 4.78 is 9.56. The summed E-state index contributed by atoms with van der Waals surface area (Å²) in [6.45, 7) is 0. The first-order valence-corrected chi connectivity index (χ1v) is 49.7. The van der Waals surface area contributed by atoms with Gasteiger partial charge in [0.2, 0.25) is 0 Å². The fourth-order valence-corrected chi connectivity index (χ4v) is 24.8. The summed E-state index contributed by atoms with van der Waals surface area (Å²) in [5.41, 5.74) is 2.92. The van der Waals surface area contributed by atoms with Gasteiger partial charge >= 0.3 is 5.97 Å². The van der Waals surface area contributed by atoms with Crippen LogP contribution in [-0.2, 0) is 9.53 Å². The molecule has 0 aromatic heterocycles. The van der Waals surface area contributed by atoms with E-state index in [9.17, 15) is 4.74 Å². The molecule has 0 aromatic carbocycles. The van der Waals surface area contributed by atoms with E-state index in [0.29, 0.717) is 53.3 Å². The van der Waals surface area contributed by atoms with Crippen LogP contribution < -0.4 is 0 Å². The molecule has 2 heteroatoms. The number of rotatable bonds is 10. The Morgan fingerprint density at radius 1 is 0.216 bits per heavy atom. The molecule has 0 N–H and O–H groups in total. The second-order valence-electron chi connectivity index (χ2n) is 38.3. The SMILES string of the molecule is O=C(OC(C1CCCCCCCCCCC1)(C1CCCCCCCCCCC1)C1CCCCCCCCCCC1)C(=C(C1CCCCCCCCCCC1)C1CCCCCCCCCCC1)C1(C2CCCCCCCCCCC2)CCCCCCCCCCC1C1CCCCCCCCCCC1. The molecule has 594 valence electrons. The molecule has 0 saturated heterocycles. The molecule has 0 aromatic rings. The highest BCUT2D eigenvalue weighted by Gasteiger charge is 2.58. The Hall–Kier alpha value is -0.790. The van der Waals surface area contributed by atoms with E-state index < -0.39 is 5.60 Å². The minimum absolute atomic E-state index is 0.151. The molecule has 8 aliphatic carbocycles. The Labute approximate surface area is 639 Å². The molecule has 102 heavy (non-hydrogen) atoms. The van der Waals surface area contributed by atoms with Crippen LogP contribution in [0.1, 0.15) is 559 Å². The first kappa shape index (κ1) is 86.8. The molecule has 8 saturated carbocycles. The molecule has 0 spiro atoms. The van der Waals surface area contributed by atoms with Gasteiger partial charge < -0.3 is 4.74 Å². The fourth-order valence-electron chi connectivity index (χ4n) is 24.8. The lowest BCUT2D eigenvalue weighted by Gasteiger charge is -2.55. The third-order valence-electron chi connectivity index (χ3n) is 30.6. The summed E-state index contributed by atoms with van der Waals surface area (Å²) in [6, 6.07) is 0. The van der Waals surface area contributed by atoms with Crippen molar-refractivity contribution in [3.8, 4) is 0 Å². The quantitative estimate of drug-likeness (QED) is 0.161. The summed E-state index contributed by atoms with van der Waals surface area (Å²) >= 11 is 0. The van der Waals surface area contributed by atoms with Crippen LogP contribution in [0.15, 0.2) is 11.1 Å². The monoisotopic (exact) mass is 1420 g/mol. The number of esters is 1. The highest BCUT2D eigenvalue weighted by atomic mass is 16.6. The maximum atomic E-state index is 20.0. The molecule has 8 fully saturated rings. The van der Waals surface area contributed by atoms with Crippen molar-refractivity contribution in [3.63, 3.8) is 0 Å². The van der Waals surface area contributed by atoms with Crippen LogP contribution in [0.5, 0.6) is 0 Å². The van der Waals surface area contributed by atoms with Gasteiger partial charge in [-0.1, -0.05) is 474 Å². The fraction of sp³-hybridized carbons (Fsp3) is 0.970. The topological polar surface area (TPSA) is 26.3 Å². The van der Waals surface area contributed by atoms with Crippen molar-refractivity contribution in [2.75, 3.05) is 0 Å². The summed E-state index contributed by atoms with van der Waals surface area (Å²) in [5.74, 6) is 4.75. The highest BCUT2D eigenvalue weighted by molar-refractivity contribution is 5.92. The van der Waals surface area contributed by atoms with Gasteiger partial charge in [0.15, 0.2) is 0 Å². The van der Waals surface area contributed by atoms with Gasteiger partial charge in [0, 0.05) is 11.0 Å². The van der Waals surface area contributed by atoms with Crippen molar-refractivity contribution in [3.05, 3.63) is 11.1 Å². The lowest BCUT2D eigenvalue weighted by Crippen LogP contribution is -2.56. The van der Waals surface area contributed by atoms with Crippen LogP contribution in [0, 0.1) is 52.8 Å². The van der Waals surface area contributed by atoms with Gasteiger partial charge in [0.05, 0.1) is 0 Å². The number of hydrogen-bond donors (Lipinski definition) is 0. The van der Waals surface area contributed by atoms with Gasteiger partial charge in [-0.3, -0.25) is 0 Å². The van der Waals surface area contributed by atoms with Crippen LogP contribution in [0.2, 0.25) is 0 Å². The summed E-state index contributed by atoms with van der Waals surface area (Å²) in [6.07, 6.45) is 122. The number of ether oxygens (including phenoxy) is 1. The van der Waals surface area contributed by atoms with Crippen LogP contribution in [-0.4, -0.2) is 11.6 Å². The van der Waals surface area contributed by atoms with Crippen molar-refractivity contribution in [2.45, 2.75) is 564 Å². The van der Waals surface area contributed by atoms with Gasteiger partial charge in [-0.15, -0.1) is 0 Å². The first-order chi connectivity index (χ1) is 50.7. The molecule has 2 nitrogen and oxygen atoms in total. The summed E-state index contributed by atoms with van der Waals surface area (Å²) in [7, 11) is 0. The molecule has 2 unspecified atom stereocenters. The maximum absolute atomic E-state index is 20.0. The lowest BCUT2D eigenvalue weighted by atomic mass is 9.50. The van der Waals surface area contributed by atoms with Crippen molar-refractivity contribution in [2.24, 2.45) is 52.8 Å². The van der Waals surface area contributed by atoms with Gasteiger partial charge in [-0.2, -0.15) is 0 Å². The average Bonchev–Trinajstić information content (AvgIpc) is 0.727. The van der Waals surface area contributed by atoms with Gasteiger partial charge in [0.25, 0.3) is 0 Å². The molecule has 2 atom stereocenters. The summed E-state index contributed by atoms with van der Waals surface area (Å²) in [4.78, 5) is 20.0. The normalized spacial score (nSPS) is 28.2. The van der Waals surface area contributed by atoms with Crippen LogP contribution >= 0.6 is 0 Å². The standard InChI is InChI=1S/C100H182O2/c101-98(102-100(92-80-64-48-32-16-5-17-33-49-65-81-92,93-82-66-50-34-18-6-19-35-51-67-83-93)94-84-68-52-36-20-7-21-37-53-69-85-94)97(96(89-74-58-42-26-10-2-11-27-43-59-75-89)90-76-60-44-28-12-3-13-29-45-61-77-90)99(91-78-62-46-30-14-4-15-31-47-63-79-91)87-71-55-39-23-22-38-54-70-86-95(99)88-72-56-40-24-8-1-9-25-41-57-73-88/h88-95H,1-87H2. The summed E-state index contributed by atoms with van der Waals surface area (Å²) in [5, 5.41) is 0. The van der Waals surface area contributed by atoms with Crippen LogP contribution in [0.3, 0.4) is 0 Å². The van der Waals surface area contributed by atoms with E-state index in [2.05, 4.69) is 0 Å². The molecular formula is C100H182O2. The smallest absolute Gasteiger partial charge is 0.335 e. The Bertz CT molecular complexity index is 1820. The molecule has 8 aliphatic rings. The van der Waals surface area contributed by atoms with E-state index in [1.165, 1.54) is 559 Å². The Morgan fingerprint density at radius 2 is 0.412 bits per heavy atom. The van der Waals surface area contributed by atoms with Crippen molar-refractivity contribution in [1.82, 2.24) is 0 Å². The lowest BCUT2D eigenvalue weighted by molar-refractivity contribution is -0.194. The number of carbonyl (C=O) groups excluding carboxylic acids is 1. The predicted octanol–water partition coefficient (Wildman–Crippen LogP) is 34.5. The molecule has 0 bridgehead atoms. The molecule has 0 aliphatic heterocycles. The first-order valence-electron chi connectivity index (χ1n) is 49.7. The number of carbonyl (C=O) groups is 1. The largest absolute Gasteiger partial charge is 0.455 e. The zero-order chi connectivity index (χ0) is 70.6. The Balaban J connectivity index is 1.54. The molecule has 0 amide bonds. The molecular weight excluding hydrogens is 1230 g/mol. The van der Waals surface area contributed by atoms with Gasteiger partial charge in [-0.25, -0.2) is 4.79 Å². The third-order valence-corrected chi connectivity index (χ3v) is 30.6. The maximum Gasteiger partial charge on any atom is 0.335 e. The number of allylic oxidation sites excluding steroid dienone is 1. The minimum atomic E-state index is -0.410.